The molecular weight excluding hydrogens is 334 g/mol. The van der Waals surface area contributed by atoms with Gasteiger partial charge in [0.15, 0.2) is 0 Å². The van der Waals surface area contributed by atoms with Gasteiger partial charge in [-0.1, -0.05) is 51.1 Å². The average Bonchev–Trinajstić information content (AvgIpc) is 2.61. The lowest BCUT2D eigenvalue weighted by atomic mass is 9.81. The Kier molecular flexibility index (Phi) is 7.60. The number of esters is 1. The highest BCUT2D eigenvalue weighted by Gasteiger charge is 2.43. The van der Waals surface area contributed by atoms with Gasteiger partial charge >= 0.3 is 5.97 Å². The van der Waals surface area contributed by atoms with E-state index in [0.717, 1.165) is 12.0 Å². The molecule has 0 aliphatic carbocycles. The van der Waals surface area contributed by atoms with Crippen LogP contribution in [0.2, 0.25) is 0 Å². The van der Waals surface area contributed by atoms with Gasteiger partial charge in [0.2, 0.25) is 12.2 Å². The van der Waals surface area contributed by atoms with Crippen LogP contribution in [-0.4, -0.2) is 36.9 Å². The Morgan fingerprint density at radius 3 is 2.46 bits per heavy atom. The van der Waals surface area contributed by atoms with Gasteiger partial charge in [0.25, 0.3) is 0 Å². The summed E-state index contributed by atoms with van der Waals surface area (Å²) in [5.74, 6) is -0.328. The second kappa shape index (κ2) is 9.69. The van der Waals surface area contributed by atoms with Crippen molar-refractivity contribution in [2.45, 2.75) is 59.2 Å². The Bertz CT molecular complexity index is 591. The molecule has 1 aromatic carbocycles. The zero-order chi connectivity index (χ0) is 19.1. The molecule has 0 saturated carbocycles. The molecule has 0 radical (unpaired) electrons. The molecule has 1 fully saturated rings. The summed E-state index contributed by atoms with van der Waals surface area (Å²) in [4.78, 5) is 23.7. The van der Waals surface area contributed by atoms with E-state index in [2.05, 4.69) is 12.2 Å². The van der Waals surface area contributed by atoms with Gasteiger partial charge in [0.1, 0.15) is 6.61 Å². The number of hydrogen-bond donors (Lipinski definition) is 1. The van der Waals surface area contributed by atoms with E-state index in [0.29, 0.717) is 6.61 Å². The standard InChI is InChI=1S/C20H29NO5/c1-5-17-13(2)14(3)19(20(26-17)25-15(4)22)21-18(23)12-24-11-16-9-7-6-8-10-16/h6-10,13-14,17,19-20H,5,11-12H2,1-4H3,(H,21,23)/t13-,14+,17?,19?,20?/m1/s1. The first-order chi connectivity index (χ1) is 12.4. The molecular formula is C20H29NO5. The molecule has 3 unspecified atom stereocenters. The maximum Gasteiger partial charge on any atom is 0.305 e. The Labute approximate surface area is 155 Å². The summed E-state index contributed by atoms with van der Waals surface area (Å²) in [6, 6.07) is 9.27. The number of benzene rings is 1. The molecule has 0 aromatic heterocycles. The third-order valence-electron chi connectivity index (χ3n) is 4.94. The zero-order valence-electron chi connectivity index (χ0n) is 15.9. The van der Waals surface area contributed by atoms with Crippen LogP contribution in [0.15, 0.2) is 30.3 Å². The molecule has 26 heavy (non-hydrogen) atoms. The summed E-state index contributed by atoms with van der Waals surface area (Å²) in [6.45, 7) is 7.82. The summed E-state index contributed by atoms with van der Waals surface area (Å²) in [5.41, 5.74) is 1.01. The summed E-state index contributed by atoms with van der Waals surface area (Å²) in [6.07, 6.45) is 0.0444. The number of amides is 1. The van der Waals surface area contributed by atoms with E-state index in [1.165, 1.54) is 6.92 Å². The van der Waals surface area contributed by atoms with Gasteiger partial charge in [-0.2, -0.15) is 0 Å². The third-order valence-corrected chi connectivity index (χ3v) is 4.94. The van der Waals surface area contributed by atoms with Crippen molar-refractivity contribution < 1.29 is 23.8 Å². The van der Waals surface area contributed by atoms with Crippen molar-refractivity contribution in [3.8, 4) is 0 Å². The van der Waals surface area contributed by atoms with E-state index in [1.807, 2.05) is 44.2 Å². The predicted octanol–water partition coefficient (Wildman–Crippen LogP) is 2.66. The lowest BCUT2D eigenvalue weighted by Crippen LogP contribution is -2.58. The maximum atomic E-state index is 12.3. The van der Waals surface area contributed by atoms with E-state index in [4.69, 9.17) is 14.2 Å². The van der Waals surface area contributed by atoms with Crippen LogP contribution in [0, 0.1) is 11.8 Å². The molecule has 0 spiro atoms. The molecule has 144 valence electrons. The number of hydrogen-bond acceptors (Lipinski definition) is 5. The van der Waals surface area contributed by atoms with Gasteiger partial charge in [0, 0.05) is 6.92 Å². The number of carbonyl (C=O) groups excluding carboxylic acids is 2. The van der Waals surface area contributed by atoms with Gasteiger partial charge in [0.05, 0.1) is 18.8 Å². The number of rotatable bonds is 7. The minimum Gasteiger partial charge on any atom is -0.434 e. The van der Waals surface area contributed by atoms with Crippen molar-refractivity contribution in [3.63, 3.8) is 0 Å². The Morgan fingerprint density at radius 1 is 1.15 bits per heavy atom. The van der Waals surface area contributed by atoms with Gasteiger partial charge in [-0.3, -0.25) is 9.59 Å². The second-order valence-corrected chi connectivity index (χ2v) is 6.85. The molecule has 6 heteroatoms. The third kappa shape index (κ3) is 5.54. The van der Waals surface area contributed by atoms with Crippen LogP contribution < -0.4 is 5.32 Å². The van der Waals surface area contributed by atoms with E-state index in [9.17, 15) is 9.59 Å². The van der Waals surface area contributed by atoms with Crippen molar-refractivity contribution in [1.82, 2.24) is 5.32 Å². The van der Waals surface area contributed by atoms with E-state index >= 15 is 0 Å². The monoisotopic (exact) mass is 363 g/mol. The summed E-state index contributed by atoms with van der Waals surface area (Å²) < 4.78 is 16.7. The van der Waals surface area contributed by atoms with E-state index in [1.54, 1.807) is 0 Å². The Morgan fingerprint density at radius 2 is 1.85 bits per heavy atom. The molecule has 1 N–H and O–H groups in total. The van der Waals surface area contributed by atoms with Crippen molar-refractivity contribution in [2.75, 3.05) is 6.61 Å². The highest BCUT2D eigenvalue weighted by molar-refractivity contribution is 5.77. The van der Waals surface area contributed by atoms with E-state index < -0.39 is 18.3 Å². The van der Waals surface area contributed by atoms with Gasteiger partial charge in [-0.05, 0) is 23.8 Å². The molecule has 1 saturated heterocycles. The second-order valence-electron chi connectivity index (χ2n) is 6.85. The largest absolute Gasteiger partial charge is 0.434 e. The van der Waals surface area contributed by atoms with Crippen molar-refractivity contribution in [2.24, 2.45) is 11.8 Å². The van der Waals surface area contributed by atoms with Crippen LogP contribution in [0.3, 0.4) is 0 Å². The molecule has 2 rings (SSSR count). The Balaban J connectivity index is 1.92. The minimum atomic E-state index is -0.776. The lowest BCUT2D eigenvalue weighted by Gasteiger charge is -2.44. The van der Waals surface area contributed by atoms with Crippen LogP contribution in [-0.2, 0) is 30.4 Å². The predicted molar refractivity (Wildman–Crippen MR) is 97.1 cm³/mol. The van der Waals surface area contributed by atoms with Gasteiger partial charge in [-0.15, -0.1) is 0 Å². The summed E-state index contributed by atoms with van der Waals surface area (Å²) in [5, 5.41) is 2.92. The molecule has 1 aliphatic rings. The topological polar surface area (TPSA) is 73.9 Å². The fraction of sp³-hybridized carbons (Fsp3) is 0.600. The highest BCUT2D eigenvalue weighted by atomic mass is 16.7. The molecule has 1 aliphatic heterocycles. The first kappa shape index (κ1) is 20.4. The van der Waals surface area contributed by atoms with Crippen LogP contribution in [0.1, 0.15) is 39.7 Å². The molecule has 5 atom stereocenters. The summed E-state index contributed by atoms with van der Waals surface area (Å²) >= 11 is 0. The van der Waals surface area contributed by atoms with Gasteiger partial charge in [-0.25, -0.2) is 0 Å². The smallest absolute Gasteiger partial charge is 0.305 e. The van der Waals surface area contributed by atoms with Crippen LogP contribution in [0.5, 0.6) is 0 Å². The SMILES string of the molecule is CCC1OC(OC(C)=O)C(NC(=O)COCc2ccccc2)[C@@H](C)[C@H]1C. The number of ether oxygens (including phenoxy) is 3. The van der Waals surface area contributed by atoms with Crippen molar-refractivity contribution in [3.05, 3.63) is 35.9 Å². The van der Waals surface area contributed by atoms with E-state index in [-0.39, 0.29) is 30.5 Å². The first-order valence-corrected chi connectivity index (χ1v) is 9.16. The number of carbonyl (C=O) groups is 2. The Hall–Kier alpha value is -1.92. The maximum absolute atomic E-state index is 12.3. The zero-order valence-corrected chi connectivity index (χ0v) is 15.9. The lowest BCUT2D eigenvalue weighted by molar-refractivity contribution is -0.231. The quantitative estimate of drug-likeness (QED) is 0.754. The van der Waals surface area contributed by atoms with Crippen LogP contribution in [0.25, 0.3) is 0 Å². The van der Waals surface area contributed by atoms with Crippen LogP contribution >= 0.6 is 0 Å². The molecule has 0 bridgehead atoms. The minimum absolute atomic E-state index is 0.00293. The van der Waals surface area contributed by atoms with Crippen molar-refractivity contribution in [1.29, 1.82) is 0 Å². The molecule has 1 heterocycles. The molecule has 1 aromatic rings. The summed E-state index contributed by atoms with van der Waals surface area (Å²) in [7, 11) is 0. The average molecular weight is 363 g/mol. The normalized spacial score (nSPS) is 28.4. The molecule has 1 amide bonds. The molecule has 6 nitrogen and oxygen atoms in total. The number of nitrogens with one attached hydrogen (secondary N) is 1. The van der Waals surface area contributed by atoms with Gasteiger partial charge < -0.3 is 19.5 Å². The van der Waals surface area contributed by atoms with Crippen LogP contribution in [0.4, 0.5) is 0 Å². The highest BCUT2D eigenvalue weighted by Crippen LogP contribution is 2.32. The van der Waals surface area contributed by atoms with Crippen molar-refractivity contribution >= 4 is 11.9 Å². The first-order valence-electron chi connectivity index (χ1n) is 9.16. The fourth-order valence-corrected chi connectivity index (χ4v) is 3.29. The fourth-order valence-electron chi connectivity index (χ4n) is 3.29.